The molecule has 4 rings (SSSR count). The van der Waals surface area contributed by atoms with Gasteiger partial charge in [0.05, 0.1) is 11.3 Å². The fourth-order valence-corrected chi connectivity index (χ4v) is 3.50. The molecule has 1 fully saturated rings. The summed E-state index contributed by atoms with van der Waals surface area (Å²) in [5, 5.41) is 14.0. The first-order valence-corrected chi connectivity index (χ1v) is 9.29. The number of carbonyl (C=O) groups is 1. The average molecular weight is 380 g/mol. The van der Waals surface area contributed by atoms with E-state index in [9.17, 15) is 9.18 Å². The molecule has 2 aromatic carbocycles. The van der Waals surface area contributed by atoms with E-state index in [0.717, 1.165) is 32.5 Å². The normalized spacial score (nSPS) is 15.5. The van der Waals surface area contributed by atoms with Crippen molar-refractivity contribution in [1.29, 1.82) is 0 Å². The van der Waals surface area contributed by atoms with Gasteiger partial charge in [0.1, 0.15) is 12.1 Å². The van der Waals surface area contributed by atoms with E-state index in [1.165, 1.54) is 34.8 Å². The Morgan fingerprint density at radius 3 is 2.64 bits per heavy atom. The number of amides is 1. The lowest BCUT2D eigenvalue weighted by atomic mass is 10.0. The van der Waals surface area contributed by atoms with E-state index in [4.69, 9.17) is 0 Å². The summed E-state index contributed by atoms with van der Waals surface area (Å²) in [5.41, 5.74) is 1.96. The Hall–Kier alpha value is -3.13. The van der Waals surface area contributed by atoms with E-state index in [-0.39, 0.29) is 17.5 Å². The van der Waals surface area contributed by atoms with Crippen molar-refractivity contribution >= 4 is 5.91 Å². The maximum atomic E-state index is 13.7. The Labute approximate surface area is 162 Å². The van der Waals surface area contributed by atoms with Crippen molar-refractivity contribution in [3.8, 4) is 5.69 Å². The third-order valence-corrected chi connectivity index (χ3v) is 4.97. The third kappa shape index (κ3) is 4.23. The minimum atomic E-state index is -0.473. The number of hydrogen-bond acceptors (Lipinski definition) is 5. The fraction of sp³-hybridized carbons (Fsp3) is 0.300. The van der Waals surface area contributed by atoms with Crippen molar-refractivity contribution in [3.05, 3.63) is 71.8 Å². The molecule has 3 aromatic rings. The molecule has 1 aliphatic rings. The summed E-state index contributed by atoms with van der Waals surface area (Å²) >= 11 is 0. The molecule has 0 radical (unpaired) electrons. The molecule has 0 unspecified atom stereocenters. The van der Waals surface area contributed by atoms with Gasteiger partial charge in [0.15, 0.2) is 0 Å². The van der Waals surface area contributed by atoms with Crippen molar-refractivity contribution in [1.82, 2.24) is 30.4 Å². The highest BCUT2D eigenvalue weighted by molar-refractivity contribution is 5.97. The van der Waals surface area contributed by atoms with Gasteiger partial charge >= 0.3 is 0 Å². The van der Waals surface area contributed by atoms with E-state index in [1.807, 2.05) is 18.2 Å². The van der Waals surface area contributed by atoms with E-state index in [2.05, 4.69) is 37.9 Å². The topological polar surface area (TPSA) is 75.9 Å². The SMILES string of the molecule is O=C(NC1CCN(Cc2ccccc2)CC1)c1cc(F)ccc1-n1cnnn1. The lowest BCUT2D eigenvalue weighted by Gasteiger charge is -2.32. The zero-order valence-electron chi connectivity index (χ0n) is 15.3. The Balaban J connectivity index is 1.38. The second kappa shape index (κ2) is 8.26. The number of carbonyl (C=O) groups excluding carboxylic acids is 1. The number of rotatable bonds is 5. The monoisotopic (exact) mass is 380 g/mol. The molecule has 8 heteroatoms. The fourth-order valence-electron chi connectivity index (χ4n) is 3.50. The Kier molecular flexibility index (Phi) is 5.38. The van der Waals surface area contributed by atoms with Crippen molar-refractivity contribution in [3.63, 3.8) is 0 Å². The van der Waals surface area contributed by atoms with Crippen molar-refractivity contribution < 1.29 is 9.18 Å². The molecule has 0 spiro atoms. The molecule has 1 aromatic heterocycles. The molecule has 2 heterocycles. The Morgan fingerprint density at radius 2 is 1.93 bits per heavy atom. The number of piperidine rings is 1. The summed E-state index contributed by atoms with van der Waals surface area (Å²) < 4.78 is 15.1. The van der Waals surface area contributed by atoms with Gasteiger partial charge in [-0.3, -0.25) is 9.69 Å². The lowest BCUT2D eigenvalue weighted by Crippen LogP contribution is -2.44. The van der Waals surface area contributed by atoms with Crippen molar-refractivity contribution in [2.45, 2.75) is 25.4 Å². The Morgan fingerprint density at radius 1 is 1.14 bits per heavy atom. The van der Waals surface area contributed by atoms with Gasteiger partial charge in [-0.15, -0.1) is 5.10 Å². The van der Waals surface area contributed by atoms with Crippen LogP contribution in [0.15, 0.2) is 54.9 Å². The van der Waals surface area contributed by atoms with Crippen LogP contribution in [0.3, 0.4) is 0 Å². The maximum absolute atomic E-state index is 13.7. The van der Waals surface area contributed by atoms with Crippen molar-refractivity contribution in [2.75, 3.05) is 13.1 Å². The van der Waals surface area contributed by atoms with Gasteiger partial charge in [0, 0.05) is 25.7 Å². The molecule has 0 aliphatic carbocycles. The molecular formula is C20H21FN6O. The van der Waals surface area contributed by atoms with Gasteiger partial charge in [-0.25, -0.2) is 4.39 Å². The van der Waals surface area contributed by atoms with Gasteiger partial charge in [0.25, 0.3) is 5.91 Å². The first-order chi connectivity index (χ1) is 13.7. The first-order valence-electron chi connectivity index (χ1n) is 9.29. The number of tetrazole rings is 1. The molecular weight excluding hydrogens is 359 g/mol. The summed E-state index contributed by atoms with van der Waals surface area (Å²) in [4.78, 5) is 15.2. The summed E-state index contributed by atoms with van der Waals surface area (Å²) in [6.07, 6.45) is 3.09. The highest BCUT2D eigenvalue weighted by atomic mass is 19.1. The van der Waals surface area contributed by atoms with Crippen LogP contribution in [0.25, 0.3) is 5.69 Å². The minimum absolute atomic E-state index is 0.0597. The molecule has 7 nitrogen and oxygen atoms in total. The Bertz CT molecular complexity index is 923. The van der Waals surface area contributed by atoms with Gasteiger partial charge in [-0.1, -0.05) is 30.3 Å². The molecule has 1 amide bonds. The number of nitrogens with one attached hydrogen (secondary N) is 1. The molecule has 0 bridgehead atoms. The molecule has 144 valence electrons. The number of hydrogen-bond donors (Lipinski definition) is 1. The van der Waals surface area contributed by atoms with Crippen LogP contribution in [0.1, 0.15) is 28.8 Å². The second-order valence-electron chi connectivity index (χ2n) is 6.93. The van der Waals surface area contributed by atoms with Crippen LogP contribution in [-0.2, 0) is 6.54 Å². The van der Waals surface area contributed by atoms with E-state index >= 15 is 0 Å². The number of aromatic nitrogens is 4. The standard InChI is InChI=1S/C20H21FN6O/c21-16-6-7-19(27-14-22-24-25-27)18(12-16)20(28)23-17-8-10-26(11-9-17)13-15-4-2-1-3-5-15/h1-7,12,14,17H,8-11,13H2,(H,23,28). The van der Waals surface area contributed by atoms with Gasteiger partial charge in [0.2, 0.25) is 0 Å². The maximum Gasteiger partial charge on any atom is 0.253 e. The predicted molar refractivity (Wildman–Crippen MR) is 101 cm³/mol. The number of benzene rings is 2. The highest BCUT2D eigenvalue weighted by Crippen LogP contribution is 2.18. The predicted octanol–water partition coefficient (Wildman–Crippen LogP) is 2.20. The first kappa shape index (κ1) is 18.2. The van der Waals surface area contributed by atoms with E-state index in [0.29, 0.717) is 5.69 Å². The molecule has 1 aliphatic heterocycles. The van der Waals surface area contributed by atoms with Crippen LogP contribution in [-0.4, -0.2) is 50.1 Å². The largest absolute Gasteiger partial charge is 0.349 e. The van der Waals surface area contributed by atoms with Gasteiger partial charge < -0.3 is 5.32 Å². The van der Waals surface area contributed by atoms with Crippen LogP contribution in [0.4, 0.5) is 4.39 Å². The number of halogens is 1. The van der Waals surface area contributed by atoms with E-state index < -0.39 is 5.82 Å². The smallest absolute Gasteiger partial charge is 0.253 e. The second-order valence-corrected chi connectivity index (χ2v) is 6.93. The summed E-state index contributed by atoms with van der Waals surface area (Å²) in [5.74, 6) is -0.786. The minimum Gasteiger partial charge on any atom is -0.349 e. The van der Waals surface area contributed by atoms with Crippen LogP contribution in [0.2, 0.25) is 0 Å². The quantitative estimate of drug-likeness (QED) is 0.734. The van der Waals surface area contributed by atoms with Crippen LogP contribution < -0.4 is 5.32 Å². The summed E-state index contributed by atoms with van der Waals surface area (Å²) in [6.45, 7) is 2.72. The molecule has 0 atom stereocenters. The molecule has 1 saturated heterocycles. The van der Waals surface area contributed by atoms with Gasteiger partial charge in [-0.05, 0) is 47.0 Å². The van der Waals surface area contributed by atoms with Crippen molar-refractivity contribution in [2.24, 2.45) is 0 Å². The zero-order chi connectivity index (χ0) is 19.3. The van der Waals surface area contributed by atoms with Crippen LogP contribution >= 0.6 is 0 Å². The zero-order valence-corrected chi connectivity index (χ0v) is 15.3. The van der Waals surface area contributed by atoms with Crippen LogP contribution in [0, 0.1) is 5.82 Å². The summed E-state index contributed by atoms with van der Waals surface area (Å²) in [7, 11) is 0. The average Bonchev–Trinajstić information content (AvgIpc) is 3.25. The number of likely N-dealkylation sites (tertiary alicyclic amines) is 1. The van der Waals surface area contributed by atoms with Gasteiger partial charge in [-0.2, -0.15) is 4.68 Å². The number of nitrogens with zero attached hydrogens (tertiary/aromatic N) is 5. The van der Waals surface area contributed by atoms with Crippen LogP contribution in [0.5, 0.6) is 0 Å². The lowest BCUT2D eigenvalue weighted by molar-refractivity contribution is 0.0908. The molecule has 1 N–H and O–H groups in total. The van der Waals surface area contributed by atoms with E-state index in [1.54, 1.807) is 0 Å². The third-order valence-electron chi connectivity index (χ3n) is 4.97. The summed E-state index contributed by atoms with van der Waals surface area (Å²) in [6, 6.07) is 14.4. The molecule has 0 saturated carbocycles. The molecule has 28 heavy (non-hydrogen) atoms. The highest BCUT2D eigenvalue weighted by Gasteiger charge is 2.23.